The fourth-order valence-electron chi connectivity index (χ4n) is 9.41. The van der Waals surface area contributed by atoms with Crippen LogP contribution >= 0.6 is 0 Å². The summed E-state index contributed by atoms with van der Waals surface area (Å²) in [5.74, 6) is -4.40. The predicted molar refractivity (Wildman–Crippen MR) is 120 cm³/mol. The van der Waals surface area contributed by atoms with Crippen LogP contribution in [0.5, 0.6) is 0 Å². The highest BCUT2D eigenvalue weighted by Crippen LogP contribution is 2.88. The standard InChI is InChI=1S/C25H36N2O8/c1-8(2)20(22(30)31)26-12(28)6-24(34)16-10-5-11-15-14(10)18(24)19(15)25(35,17(11)16)7-13(29)27-21(9(3)4)23(32)33/h8-11,14-21,34-35H,5-7H2,1-4H3,(H,26,28)(H,27,29)(H,30,31)(H,32,33)/t10?,11?,14?,15?,16?,17?,18?,19?,20-,21-,24?,25?/m0/s1. The third kappa shape index (κ3) is 3.08. The Bertz CT molecular complexity index is 903. The van der Waals surface area contributed by atoms with Crippen molar-refractivity contribution in [2.45, 2.75) is 70.2 Å². The summed E-state index contributed by atoms with van der Waals surface area (Å²) >= 11 is 0. The fourth-order valence-corrected chi connectivity index (χ4v) is 9.41. The van der Waals surface area contributed by atoms with Gasteiger partial charge in [0, 0.05) is 0 Å². The fraction of sp³-hybridized carbons (Fsp3) is 0.840. The topological polar surface area (TPSA) is 173 Å². The molecule has 10 heteroatoms. The third-order valence-corrected chi connectivity index (χ3v) is 10.2. The molecule has 2 bridgehead atoms. The van der Waals surface area contributed by atoms with Crippen LogP contribution in [0.3, 0.4) is 0 Å². The minimum absolute atomic E-state index is 0.189. The van der Waals surface area contributed by atoms with Crippen LogP contribution in [0, 0.1) is 59.2 Å². The SMILES string of the molecule is CC(C)[C@H](NC(=O)CC1(O)C2C3CC4C5C3C1C5C(O)(CC(=O)N[C@H](C(=O)O)C(C)C)C42)C(=O)O. The van der Waals surface area contributed by atoms with Crippen LogP contribution in [-0.4, -0.2) is 67.5 Å². The van der Waals surface area contributed by atoms with Crippen LogP contribution in [0.25, 0.3) is 0 Å². The number of carbonyl (C=O) groups is 4. The first-order valence-electron chi connectivity index (χ1n) is 12.7. The number of rotatable bonds is 10. The molecule has 5 aliphatic carbocycles. The minimum atomic E-state index is -1.33. The van der Waals surface area contributed by atoms with Crippen molar-refractivity contribution in [2.75, 3.05) is 0 Å². The average molecular weight is 493 g/mol. The van der Waals surface area contributed by atoms with Gasteiger partial charge >= 0.3 is 11.9 Å². The normalized spacial score (nSPS) is 45.0. The molecule has 12 atom stereocenters. The third-order valence-electron chi connectivity index (χ3n) is 10.2. The van der Waals surface area contributed by atoms with Gasteiger partial charge in [0.1, 0.15) is 12.1 Å². The summed E-state index contributed by atoms with van der Waals surface area (Å²) in [6, 6.07) is -2.10. The molecule has 10 nitrogen and oxygen atoms in total. The molecule has 0 spiro atoms. The van der Waals surface area contributed by atoms with Crippen LogP contribution in [0.2, 0.25) is 0 Å². The maximum atomic E-state index is 12.9. The lowest BCUT2D eigenvalue weighted by molar-refractivity contribution is -0.219. The zero-order valence-corrected chi connectivity index (χ0v) is 20.5. The van der Waals surface area contributed by atoms with Crippen molar-refractivity contribution in [3.05, 3.63) is 0 Å². The monoisotopic (exact) mass is 492 g/mol. The van der Waals surface area contributed by atoms with E-state index in [0.717, 1.165) is 6.42 Å². The molecule has 5 saturated carbocycles. The van der Waals surface area contributed by atoms with Crippen molar-refractivity contribution < 1.29 is 39.6 Å². The number of carboxylic acid groups (broad SMARTS) is 2. The van der Waals surface area contributed by atoms with Gasteiger partial charge in [-0.15, -0.1) is 0 Å². The number of carbonyl (C=O) groups excluding carboxylic acids is 2. The molecule has 5 aliphatic rings. The zero-order chi connectivity index (χ0) is 25.8. The van der Waals surface area contributed by atoms with Crippen molar-refractivity contribution in [3.63, 3.8) is 0 Å². The molecule has 0 heterocycles. The molecule has 0 saturated heterocycles. The number of aliphatic carboxylic acids is 2. The Morgan fingerprint density at radius 3 is 1.34 bits per heavy atom. The second kappa shape index (κ2) is 7.65. The van der Waals surface area contributed by atoms with Crippen molar-refractivity contribution in [1.29, 1.82) is 0 Å². The summed E-state index contributed by atoms with van der Waals surface area (Å²) in [5.41, 5.74) is -2.67. The Kier molecular flexibility index (Phi) is 5.35. The molecule has 194 valence electrons. The minimum Gasteiger partial charge on any atom is -0.480 e. The van der Waals surface area contributed by atoms with E-state index in [9.17, 15) is 39.6 Å². The van der Waals surface area contributed by atoms with Crippen molar-refractivity contribution in [2.24, 2.45) is 59.2 Å². The van der Waals surface area contributed by atoms with Crippen LogP contribution in [0.4, 0.5) is 0 Å². The molecule has 0 aromatic carbocycles. The zero-order valence-electron chi connectivity index (χ0n) is 20.5. The molecule has 0 aromatic rings. The summed E-state index contributed by atoms with van der Waals surface area (Å²) < 4.78 is 0. The Hall–Kier alpha value is -2.20. The first-order valence-corrected chi connectivity index (χ1v) is 12.7. The molecule has 0 aromatic heterocycles. The quantitative estimate of drug-likeness (QED) is 0.248. The van der Waals surface area contributed by atoms with Crippen LogP contribution in [0.15, 0.2) is 0 Å². The average Bonchev–Trinajstić information content (AvgIpc) is 3.22. The Labute approximate surface area is 203 Å². The van der Waals surface area contributed by atoms with Crippen LogP contribution in [-0.2, 0) is 19.2 Å². The highest BCUT2D eigenvalue weighted by molar-refractivity contribution is 5.85. The Balaban J connectivity index is 1.35. The summed E-state index contributed by atoms with van der Waals surface area (Å²) in [7, 11) is 0. The maximum absolute atomic E-state index is 12.9. The van der Waals surface area contributed by atoms with Gasteiger partial charge in [0.05, 0.1) is 24.0 Å². The van der Waals surface area contributed by atoms with Crippen molar-refractivity contribution in [3.8, 4) is 0 Å². The molecular formula is C25H36N2O8. The molecule has 0 radical (unpaired) electrons. The number of aliphatic hydroxyl groups is 2. The number of hydrogen-bond donors (Lipinski definition) is 6. The molecule has 5 fully saturated rings. The highest BCUT2D eigenvalue weighted by atomic mass is 16.4. The number of amides is 2. The molecule has 10 unspecified atom stereocenters. The van der Waals surface area contributed by atoms with Gasteiger partial charge in [-0.1, -0.05) is 27.7 Å². The number of hydrogen-bond acceptors (Lipinski definition) is 6. The molecule has 5 rings (SSSR count). The van der Waals surface area contributed by atoms with Gasteiger partial charge in [-0.2, -0.15) is 0 Å². The molecular weight excluding hydrogens is 456 g/mol. The van der Waals surface area contributed by atoms with E-state index in [-0.39, 0.29) is 72.0 Å². The van der Waals surface area contributed by atoms with Crippen LogP contribution in [0.1, 0.15) is 47.0 Å². The summed E-state index contributed by atoms with van der Waals surface area (Å²) in [5, 5.41) is 47.7. The van der Waals surface area contributed by atoms with Crippen LogP contribution < -0.4 is 10.6 Å². The largest absolute Gasteiger partial charge is 0.480 e. The molecule has 35 heavy (non-hydrogen) atoms. The van der Waals surface area contributed by atoms with Gasteiger partial charge in [0.25, 0.3) is 0 Å². The summed E-state index contributed by atoms with van der Waals surface area (Å²) in [4.78, 5) is 48.8. The van der Waals surface area contributed by atoms with Gasteiger partial charge in [-0.05, 0) is 65.6 Å². The first-order chi connectivity index (χ1) is 16.2. The smallest absolute Gasteiger partial charge is 0.326 e. The van der Waals surface area contributed by atoms with E-state index in [0.29, 0.717) is 0 Å². The number of carboxylic acids is 2. The van der Waals surface area contributed by atoms with Crippen molar-refractivity contribution >= 4 is 23.8 Å². The van der Waals surface area contributed by atoms with E-state index in [1.165, 1.54) is 0 Å². The van der Waals surface area contributed by atoms with Crippen molar-refractivity contribution in [1.82, 2.24) is 10.6 Å². The van der Waals surface area contributed by atoms with E-state index in [1.54, 1.807) is 27.7 Å². The van der Waals surface area contributed by atoms with Gasteiger partial charge in [0.15, 0.2) is 0 Å². The summed E-state index contributed by atoms with van der Waals surface area (Å²) in [6.07, 6.45) is 0.434. The van der Waals surface area contributed by atoms with Gasteiger partial charge in [-0.3, -0.25) is 9.59 Å². The summed E-state index contributed by atoms with van der Waals surface area (Å²) in [6.45, 7) is 6.82. The van der Waals surface area contributed by atoms with E-state index in [2.05, 4.69) is 10.6 Å². The van der Waals surface area contributed by atoms with Gasteiger partial charge in [-0.25, -0.2) is 9.59 Å². The second-order valence-electron chi connectivity index (χ2n) is 12.4. The van der Waals surface area contributed by atoms with E-state index in [1.807, 2.05) is 0 Å². The second-order valence-corrected chi connectivity index (χ2v) is 12.4. The highest BCUT2D eigenvalue weighted by Gasteiger charge is 2.90. The molecule has 6 N–H and O–H groups in total. The molecule has 0 aliphatic heterocycles. The van der Waals surface area contributed by atoms with Gasteiger partial charge in [0.2, 0.25) is 11.8 Å². The predicted octanol–water partition coefficient (Wildman–Crippen LogP) is 0.0673. The molecule has 2 amide bonds. The van der Waals surface area contributed by atoms with E-state index < -0.39 is 47.0 Å². The first kappa shape index (κ1) is 24.5. The van der Waals surface area contributed by atoms with Gasteiger partial charge < -0.3 is 31.1 Å². The Morgan fingerprint density at radius 2 is 1.06 bits per heavy atom. The lowest BCUT2D eigenvalue weighted by Gasteiger charge is -2.57. The maximum Gasteiger partial charge on any atom is 0.326 e. The lowest BCUT2D eigenvalue weighted by Crippen LogP contribution is -2.66. The lowest BCUT2D eigenvalue weighted by atomic mass is 9.50. The van der Waals surface area contributed by atoms with E-state index >= 15 is 0 Å². The Morgan fingerprint density at radius 1 is 0.714 bits per heavy atom. The number of nitrogens with one attached hydrogen (secondary N) is 2. The van der Waals surface area contributed by atoms with E-state index in [4.69, 9.17) is 0 Å². The number of fused-ring (bicyclic) bond motifs is 2.